The van der Waals surface area contributed by atoms with E-state index in [0.29, 0.717) is 69.6 Å². The Hall–Kier alpha value is -1.67. The molecule has 0 bridgehead atoms. The summed E-state index contributed by atoms with van der Waals surface area (Å²) < 4.78 is 17.3. The molecule has 138 valence electrons. The van der Waals surface area contributed by atoms with Gasteiger partial charge in [-0.05, 0) is 25.2 Å². The fraction of sp³-hybridized carbons (Fsp3) is 0.824. The minimum Gasteiger partial charge on any atom is -0.408 e. The number of aromatic nitrogens is 2. The van der Waals surface area contributed by atoms with Gasteiger partial charge in [0.2, 0.25) is 11.8 Å². The van der Waals surface area contributed by atoms with Crippen molar-refractivity contribution in [1.29, 1.82) is 0 Å². The summed E-state index contributed by atoms with van der Waals surface area (Å²) in [6, 6.07) is 0.441. The number of aryl methyl sites for hydroxylation is 1. The van der Waals surface area contributed by atoms with Crippen LogP contribution < -0.4 is 5.32 Å². The molecule has 1 saturated carbocycles. The average molecular weight is 350 g/mol. The number of amides is 1. The van der Waals surface area contributed by atoms with Crippen LogP contribution in [0.3, 0.4) is 0 Å². The summed E-state index contributed by atoms with van der Waals surface area (Å²) in [7, 11) is 0. The zero-order valence-corrected chi connectivity index (χ0v) is 14.7. The Balaban J connectivity index is 1.33. The number of nitrogens with zero attached hydrogens (tertiary/aromatic N) is 3. The van der Waals surface area contributed by atoms with Crippen molar-refractivity contribution in [2.45, 2.75) is 38.2 Å². The molecule has 1 aromatic heterocycles. The van der Waals surface area contributed by atoms with Crippen molar-refractivity contribution in [3.05, 3.63) is 5.89 Å². The molecule has 4 rings (SSSR count). The van der Waals surface area contributed by atoms with Crippen molar-refractivity contribution < 1.29 is 18.7 Å². The summed E-state index contributed by atoms with van der Waals surface area (Å²) >= 11 is 0. The van der Waals surface area contributed by atoms with Crippen molar-refractivity contribution in [2.75, 3.05) is 44.8 Å². The molecule has 2 aliphatic heterocycles. The molecule has 1 amide bonds. The lowest BCUT2D eigenvalue weighted by Crippen LogP contribution is -2.46. The Morgan fingerprint density at radius 2 is 2.24 bits per heavy atom. The van der Waals surface area contributed by atoms with E-state index in [1.165, 1.54) is 12.8 Å². The first-order valence-corrected chi connectivity index (χ1v) is 9.15. The topological polar surface area (TPSA) is 89.7 Å². The van der Waals surface area contributed by atoms with E-state index in [0.717, 1.165) is 6.42 Å². The number of carbonyl (C=O) groups is 1. The van der Waals surface area contributed by atoms with Crippen LogP contribution in [0.2, 0.25) is 0 Å². The fourth-order valence-corrected chi connectivity index (χ4v) is 3.70. The quantitative estimate of drug-likeness (QED) is 0.854. The Morgan fingerprint density at radius 1 is 1.36 bits per heavy atom. The van der Waals surface area contributed by atoms with E-state index in [-0.39, 0.29) is 11.5 Å². The van der Waals surface area contributed by atoms with Gasteiger partial charge in [0.05, 0.1) is 26.4 Å². The van der Waals surface area contributed by atoms with Gasteiger partial charge in [-0.15, -0.1) is 5.10 Å². The number of carbonyl (C=O) groups excluding carboxylic acids is 1. The third-order valence-electron chi connectivity index (χ3n) is 5.22. The van der Waals surface area contributed by atoms with Gasteiger partial charge in [0.25, 0.3) is 0 Å². The van der Waals surface area contributed by atoms with Crippen molar-refractivity contribution >= 4 is 11.9 Å². The van der Waals surface area contributed by atoms with Crippen LogP contribution in [-0.2, 0) is 14.3 Å². The van der Waals surface area contributed by atoms with Crippen LogP contribution in [0.1, 0.15) is 31.6 Å². The highest BCUT2D eigenvalue weighted by Crippen LogP contribution is 2.35. The van der Waals surface area contributed by atoms with E-state index in [9.17, 15) is 4.79 Å². The Bertz CT molecular complexity index is 618. The largest absolute Gasteiger partial charge is 0.408 e. The van der Waals surface area contributed by atoms with E-state index in [1.807, 2.05) is 4.90 Å². The second-order valence-electron chi connectivity index (χ2n) is 7.59. The zero-order valence-electron chi connectivity index (χ0n) is 14.7. The predicted octanol–water partition coefficient (Wildman–Crippen LogP) is 1.22. The molecule has 3 heterocycles. The van der Waals surface area contributed by atoms with Gasteiger partial charge in [-0.3, -0.25) is 4.79 Å². The van der Waals surface area contributed by atoms with Gasteiger partial charge < -0.3 is 24.1 Å². The molecule has 0 unspecified atom stereocenters. The lowest BCUT2D eigenvalue weighted by molar-refractivity contribution is -0.134. The van der Waals surface area contributed by atoms with Gasteiger partial charge in [-0.1, -0.05) is 5.10 Å². The first kappa shape index (κ1) is 16.8. The SMILES string of the molecule is Cc1nnc(NC[C@H]2CO[C@]3(COCCN(C(=O)CC4CC4)C3)C2)o1. The maximum absolute atomic E-state index is 12.5. The molecule has 3 aliphatic rings. The minimum absolute atomic E-state index is 0.249. The minimum atomic E-state index is -0.382. The van der Waals surface area contributed by atoms with E-state index in [2.05, 4.69) is 15.5 Å². The fourth-order valence-electron chi connectivity index (χ4n) is 3.70. The molecule has 25 heavy (non-hydrogen) atoms. The molecule has 0 radical (unpaired) electrons. The number of anilines is 1. The van der Waals surface area contributed by atoms with Crippen LogP contribution in [0.25, 0.3) is 0 Å². The van der Waals surface area contributed by atoms with Crippen molar-refractivity contribution in [3.63, 3.8) is 0 Å². The van der Waals surface area contributed by atoms with Crippen LogP contribution in [0.5, 0.6) is 0 Å². The van der Waals surface area contributed by atoms with E-state index in [4.69, 9.17) is 13.9 Å². The van der Waals surface area contributed by atoms with Crippen LogP contribution in [0.4, 0.5) is 6.01 Å². The van der Waals surface area contributed by atoms with Crippen molar-refractivity contribution in [2.24, 2.45) is 11.8 Å². The summed E-state index contributed by atoms with van der Waals surface area (Å²) in [4.78, 5) is 14.5. The first-order chi connectivity index (χ1) is 12.1. The maximum Gasteiger partial charge on any atom is 0.315 e. The maximum atomic E-state index is 12.5. The molecular formula is C17H26N4O4. The Morgan fingerprint density at radius 3 is 3.00 bits per heavy atom. The number of hydrogen-bond donors (Lipinski definition) is 1. The summed E-state index contributed by atoms with van der Waals surface area (Å²) in [6.07, 6.45) is 3.93. The molecule has 8 heteroatoms. The van der Waals surface area contributed by atoms with Crippen LogP contribution in [-0.4, -0.2) is 66.1 Å². The summed E-state index contributed by atoms with van der Waals surface area (Å²) in [5.74, 6) is 1.73. The summed E-state index contributed by atoms with van der Waals surface area (Å²) in [5, 5.41) is 10.9. The van der Waals surface area contributed by atoms with Gasteiger partial charge in [-0.25, -0.2) is 0 Å². The highest BCUT2D eigenvalue weighted by Gasteiger charge is 2.44. The molecule has 2 atom stereocenters. The van der Waals surface area contributed by atoms with Gasteiger partial charge in [0, 0.05) is 32.4 Å². The number of rotatable bonds is 5. The third-order valence-corrected chi connectivity index (χ3v) is 5.22. The van der Waals surface area contributed by atoms with Gasteiger partial charge >= 0.3 is 6.01 Å². The summed E-state index contributed by atoms with van der Waals surface area (Å²) in [5.41, 5.74) is -0.382. The Kier molecular flexibility index (Phi) is 4.64. The normalized spacial score (nSPS) is 29.8. The average Bonchev–Trinajstić information content (AvgIpc) is 3.22. The molecule has 1 N–H and O–H groups in total. The lowest BCUT2D eigenvalue weighted by atomic mass is 9.94. The van der Waals surface area contributed by atoms with Gasteiger partial charge in [-0.2, -0.15) is 0 Å². The standard InChI is InChI=1S/C17H26N4O4/c1-12-19-20-16(25-12)18-8-14-7-17(24-9-14)10-21(4-5-23-11-17)15(22)6-13-2-3-13/h13-14H,2-11H2,1H3,(H,18,20)/t14-,17+/m0/s1. The van der Waals surface area contributed by atoms with E-state index in [1.54, 1.807) is 6.92 Å². The zero-order chi connectivity index (χ0) is 17.3. The van der Waals surface area contributed by atoms with E-state index < -0.39 is 0 Å². The molecule has 0 aromatic carbocycles. The molecule has 3 fully saturated rings. The second-order valence-corrected chi connectivity index (χ2v) is 7.59. The first-order valence-electron chi connectivity index (χ1n) is 9.15. The summed E-state index contributed by atoms with van der Waals surface area (Å²) in [6.45, 7) is 5.56. The number of nitrogens with one attached hydrogen (secondary N) is 1. The number of ether oxygens (including phenoxy) is 2. The molecular weight excluding hydrogens is 324 g/mol. The molecule has 2 saturated heterocycles. The Labute approximate surface area is 147 Å². The van der Waals surface area contributed by atoms with Crippen LogP contribution in [0, 0.1) is 18.8 Å². The lowest BCUT2D eigenvalue weighted by Gasteiger charge is -2.31. The highest BCUT2D eigenvalue weighted by molar-refractivity contribution is 5.76. The van der Waals surface area contributed by atoms with Crippen LogP contribution >= 0.6 is 0 Å². The monoisotopic (exact) mass is 350 g/mol. The van der Waals surface area contributed by atoms with Gasteiger partial charge in [0.1, 0.15) is 5.60 Å². The predicted molar refractivity (Wildman–Crippen MR) is 89.1 cm³/mol. The van der Waals surface area contributed by atoms with E-state index >= 15 is 0 Å². The third kappa shape index (κ3) is 4.12. The van der Waals surface area contributed by atoms with Crippen LogP contribution in [0.15, 0.2) is 4.42 Å². The van der Waals surface area contributed by atoms with Crippen molar-refractivity contribution in [3.8, 4) is 0 Å². The molecule has 1 aromatic rings. The highest BCUT2D eigenvalue weighted by atomic mass is 16.5. The smallest absolute Gasteiger partial charge is 0.315 e. The number of hydrogen-bond acceptors (Lipinski definition) is 7. The molecule has 1 spiro atoms. The van der Waals surface area contributed by atoms with Gasteiger partial charge in [0.15, 0.2) is 0 Å². The van der Waals surface area contributed by atoms with Crippen molar-refractivity contribution in [1.82, 2.24) is 15.1 Å². The second kappa shape index (κ2) is 6.92. The molecule has 1 aliphatic carbocycles. The molecule has 8 nitrogen and oxygen atoms in total.